The maximum absolute atomic E-state index is 11.0. The van der Waals surface area contributed by atoms with E-state index in [-0.39, 0.29) is 16.9 Å². The SMILES string of the molecule is CC(C)(C)c1[nH]c(C=O)nc1C(N)=O. The third-order valence-electron chi connectivity index (χ3n) is 1.82. The van der Waals surface area contributed by atoms with Crippen molar-refractivity contribution in [2.45, 2.75) is 26.2 Å². The number of carbonyl (C=O) groups excluding carboxylic acids is 2. The van der Waals surface area contributed by atoms with Crippen molar-refractivity contribution in [1.82, 2.24) is 9.97 Å². The van der Waals surface area contributed by atoms with Crippen LogP contribution in [-0.4, -0.2) is 22.2 Å². The second-order valence-electron chi connectivity index (χ2n) is 4.08. The van der Waals surface area contributed by atoms with Crippen LogP contribution >= 0.6 is 0 Å². The van der Waals surface area contributed by atoms with Crippen LogP contribution in [0.25, 0.3) is 0 Å². The lowest BCUT2D eigenvalue weighted by molar-refractivity contribution is 0.0993. The quantitative estimate of drug-likeness (QED) is 0.678. The zero-order chi connectivity index (χ0) is 10.9. The first kappa shape index (κ1) is 10.4. The minimum absolute atomic E-state index is 0.128. The average Bonchev–Trinajstić information content (AvgIpc) is 2.46. The van der Waals surface area contributed by atoms with Crippen LogP contribution in [0, 0.1) is 0 Å². The van der Waals surface area contributed by atoms with Crippen LogP contribution in [0.5, 0.6) is 0 Å². The van der Waals surface area contributed by atoms with Crippen LogP contribution < -0.4 is 5.73 Å². The molecule has 0 aliphatic rings. The van der Waals surface area contributed by atoms with E-state index in [0.29, 0.717) is 12.0 Å². The fourth-order valence-electron chi connectivity index (χ4n) is 1.17. The molecule has 0 aliphatic carbocycles. The van der Waals surface area contributed by atoms with Crippen molar-refractivity contribution in [1.29, 1.82) is 0 Å². The number of rotatable bonds is 2. The van der Waals surface area contributed by atoms with Gasteiger partial charge in [0.1, 0.15) is 5.69 Å². The lowest BCUT2D eigenvalue weighted by Gasteiger charge is -2.16. The lowest BCUT2D eigenvalue weighted by Crippen LogP contribution is -2.21. The topological polar surface area (TPSA) is 88.8 Å². The van der Waals surface area contributed by atoms with Crippen molar-refractivity contribution in [3.63, 3.8) is 0 Å². The molecule has 0 bridgehead atoms. The summed E-state index contributed by atoms with van der Waals surface area (Å²) in [5.41, 5.74) is 5.58. The number of nitrogens with one attached hydrogen (secondary N) is 1. The predicted molar refractivity (Wildman–Crippen MR) is 51.2 cm³/mol. The number of carbonyl (C=O) groups is 2. The maximum Gasteiger partial charge on any atom is 0.269 e. The Labute approximate surface area is 81.7 Å². The molecule has 0 atom stereocenters. The number of aromatic nitrogens is 2. The van der Waals surface area contributed by atoms with Crippen molar-refractivity contribution >= 4 is 12.2 Å². The zero-order valence-electron chi connectivity index (χ0n) is 8.42. The van der Waals surface area contributed by atoms with Crippen LogP contribution in [0.4, 0.5) is 0 Å². The standard InChI is InChI=1S/C9H13N3O2/c1-9(2,3)7-6(8(10)14)11-5(4-13)12-7/h4H,1-3H3,(H2,10,14)(H,11,12). The van der Waals surface area contributed by atoms with E-state index in [1.807, 2.05) is 20.8 Å². The zero-order valence-corrected chi connectivity index (χ0v) is 8.42. The molecular weight excluding hydrogens is 182 g/mol. The minimum Gasteiger partial charge on any atom is -0.364 e. The molecule has 0 unspecified atom stereocenters. The Hall–Kier alpha value is -1.65. The Balaban J connectivity index is 3.33. The third kappa shape index (κ3) is 1.81. The number of H-pyrrole nitrogens is 1. The van der Waals surface area contributed by atoms with Gasteiger partial charge in [-0.15, -0.1) is 0 Å². The van der Waals surface area contributed by atoms with Crippen molar-refractivity contribution in [2.75, 3.05) is 0 Å². The molecule has 0 saturated heterocycles. The number of hydrogen-bond acceptors (Lipinski definition) is 3. The van der Waals surface area contributed by atoms with E-state index >= 15 is 0 Å². The first-order valence-electron chi connectivity index (χ1n) is 4.21. The highest BCUT2D eigenvalue weighted by atomic mass is 16.1. The van der Waals surface area contributed by atoms with Crippen LogP contribution in [0.1, 0.15) is 47.6 Å². The normalized spacial score (nSPS) is 11.4. The van der Waals surface area contributed by atoms with E-state index in [4.69, 9.17) is 5.73 Å². The summed E-state index contributed by atoms with van der Waals surface area (Å²) in [4.78, 5) is 28.1. The fourth-order valence-corrected chi connectivity index (χ4v) is 1.17. The molecule has 0 fully saturated rings. The Morgan fingerprint density at radius 3 is 2.36 bits per heavy atom. The van der Waals surface area contributed by atoms with Gasteiger partial charge in [0.15, 0.2) is 12.1 Å². The van der Waals surface area contributed by atoms with E-state index in [1.165, 1.54) is 0 Å². The number of imidazole rings is 1. The third-order valence-corrected chi connectivity index (χ3v) is 1.82. The summed E-state index contributed by atoms with van der Waals surface area (Å²) < 4.78 is 0. The van der Waals surface area contributed by atoms with Gasteiger partial charge in [-0.3, -0.25) is 9.59 Å². The van der Waals surface area contributed by atoms with Gasteiger partial charge in [-0.2, -0.15) is 0 Å². The number of nitrogens with two attached hydrogens (primary N) is 1. The highest BCUT2D eigenvalue weighted by Crippen LogP contribution is 2.23. The molecule has 76 valence electrons. The molecule has 1 aromatic heterocycles. The molecule has 3 N–H and O–H groups in total. The fraction of sp³-hybridized carbons (Fsp3) is 0.444. The molecule has 5 heteroatoms. The lowest BCUT2D eigenvalue weighted by atomic mass is 9.90. The molecule has 14 heavy (non-hydrogen) atoms. The smallest absolute Gasteiger partial charge is 0.269 e. The van der Waals surface area contributed by atoms with E-state index in [2.05, 4.69) is 9.97 Å². The molecule has 0 aromatic carbocycles. The average molecular weight is 195 g/mol. The number of aromatic amines is 1. The van der Waals surface area contributed by atoms with Gasteiger partial charge in [0.05, 0.1) is 5.69 Å². The van der Waals surface area contributed by atoms with Crippen molar-refractivity contribution in [2.24, 2.45) is 5.73 Å². The summed E-state index contributed by atoms with van der Waals surface area (Å²) in [7, 11) is 0. The van der Waals surface area contributed by atoms with E-state index in [9.17, 15) is 9.59 Å². The molecule has 1 aromatic rings. The number of primary amides is 1. The molecule has 5 nitrogen and oxygen atoms in total. The number of hydrogen-bond donors (Lipinski definition) is 2. The number of nitrogens with zero attached hydrogens (tertiary/aromatic N) is 1. The van der Waals surface area contributed by atoms with Gasteiger partial charge in [0.25, 0.3) is 5.91 Å². The molecule has 1 amide bonds. The monoisotopic (exact) mass is 195 g/mol. The summed E-state index contributed by atoms with van der Waals surface area (Å²) in [6.07, 6.45) is 0.557. The number of amides is 1. The summed E-state index contributed by atoms with van der Waals surface area (Å²) in [5, 5.41) is 0. The Kier molecular flexibility index (Phi) is 2.42. The van der Waals surface area contributed by atoms with Gasteiger partial charge >= 0.3 is 0 Å². The first-order valence-corrected chi connectivity index (χ1v) is 4.21. The number of aldehydes is 1. The van der Waals surface area contributed by atoms with Crippen LogP contribution in [0.3, 0.4) is 0 Å². The second-order valence-corrected chi connectivity index (χ2v) is 4.08. The van der Waals surface area contributed by atoms with Gasteiger partial charge in [0, 0.05) is 5.41 Å². The predicted octanol–water partition coefficient (Wildman–Crippen LogP) is 0.619. The molecule has 0 radical (unpaired) electrons. The Morgan fingerprint density at radius 1 is 1.50 bits per heavy atom. The van der Waals surface area contributed by atoms with Gasteiger partial charge in [-0.05, 0) is 0 Å². The molecular formula is C9H13N3O2. The summed E-state index contributed by atoms with van der Waals surface area (Å²) in [5.74, 6) is -0.497. The van der Waals surface area contributed by atoms with Gasteiger partial charge in [0.2, 0.25) is 0 Å². The van der Waals surface area contributed by atoms with E-state index in [0.717, 1.165) is 0 Å². The van der Waals surface area contributed by atoms with Crippen LogP contribution in [-0.2, 0) is 5.41 Å². The molecule has 0 aliphatic heterocycles. The van der Waals surface area contributed by atoms with Crippen LogP contribution in [0.15, 0.2) is 0 Å². The largest absolute Gasteiger partial charge is 0.364 e. The minimum atomic E-state index is -0.626. The summed E-state index contributed by atoms with van der Waals surface area (Å²) in [6.45, 7) is 5.71. The second kappa shape index (κ2) is 3.25. The molecule has 1 heterocycles. The highest BCUT2D eigenvalue weighted by Gasteiger charge is 2.24. The summed E-state index contributed by atoms with van der Waals surface area (Å²) >= 11 is 0. The van der Waals surface area contributed by atoms with Crippen LogP contribution in [0.2, 0.25) is 0 Å². The van der Waals surface area contributed by atoms with E-state index in [1.54, 1.807) is 0 Å². The van der Waals surface area contributed by atoms with Crippen molar-refractivity contribution < 1.29 is 9.59 Å². The Morgan fingerprint density at radius 2 is 2.07 bits per heavy atom. The molecule has 0 spiro atoms. The summed E-state index contributed by atoms with van der Waals surface area (Å²) in [6, 6.07) is 0. The van der Waals surface area contributed by atoms with E-state index < -0.39 is 5.91 Å². The van der Waals surface area contributed by atoms with Crippen molar-refractivity contribution in [3.8, 4) is 0 Å². The first-order chi connectivity index (χ1) is 6.36. The van der Waals surface area contributed by atoms with Gasteiger partial charge in [-0.25, -0.2) is 4.98 Å². The Bertz CT molecular complexity index is 374. The maximum atomic E-state index is 11.0. The van der Waals surface area contributed by atoms with Crippen molar-refractivity contribution in [3.05, 3.63) is 17.2 Å². The van der Waals surface area contributed by atoms with Gasteiger partial charge < -0.3 is 10.7 Å². The highest BCUT2D eigenvalue weighted by molar-refractivity contribution is 5.93. The molecule has 0 saturated carbocycles. The van der Waals surface area contributed by atoms with Gasteiger partial charge in [-0.1, -0.05) is 20.8 Å². The molecule has 1 rings (SSSR count).